The lowest BCUT2D eigenvalue weighted by atomic mass is 9.98. The van der Waals surface area contributed by atoms with Gasteiger partial charge in [0.25, 0.3) is 0 Å². The molecule has 2 nitrogen and oxygen atoms in total. The monoisotopic (exact) mass is 871 g/mol. The van der Waals surface area contributed by atoms with Crippen LogP contribution in [0.3, 0.4) is 0 Å². The molecule has 0 radical (unpaired) electrons. The van der Waals surface area contributed by atoms with Crippen LogP contribution in [0.25, 0.3) is 66.1 Å². The molecule has 0 saturated heterocycles. The fraction of sp³-hybridized carbons (Fsp3) is 0. The summed E-state index contributed by atoms with van der Waals surface area (Å²) >= 11 is 0. The minimum absolute atomic E-state index is 0.867. The third-order valence-electron chi connectivity index (χ3n) is 13.4. The van der Waals surface area contributed by atoms with Crippen LogP contribution in [0, 0.1) is 0 Å². The van der Waals surface area contributed by atoms with Gasteiger partial charge in [0.2, 0.25) is 0 Å². The molecule has 0 aliphatic carbocycles. The first-order valence-electron chi connectivity index (χ1n) is 23.0. The summed E-state index contributed by atoms with van der Waals surface area (Å²) in [5.41, 5.74) is 12.0. The van der Waals surface area contributed by atoms with Crippen LogP contribution in [-0.2, 0) is 0 Å². The molecule has 0 fully saturated rings. The molecule has 0 unspecified atom stereocenters. The van der Waals surface area contributed by atoms with E-state index in [2.05, 4.69) is 278 Å². The van der Waals surface area contributed by atoms with Crippen molar-refractivity contribution < 1.29 is 4.42 Å². The molecule has 67 heavy (non-hydrogen) atoms. The zero-order chi connectivity index (χ0) is 44.6. The highest BCUT2D eigenvalue weighted by Crippen LogP contribution is 2.41. The molecule has 0 atom stereocenters. The van der Waals surface area contributed by atoms with Crippen molar-refractivity contribution >= 4 is 78.6 Å². The van der Waals surface area contributed by atoms with Crippen molar-refractivity contribution in [1.82, 2.24) is 0 Å². The third-order valence-corrected chi connectivity index (χ3v) is 18.2. The molecule has 12 aromatic rings. The average Bonchev–Trinajstić information content (AvgIpc) is 3.78. The lowest BCUT2D eigenvalue weighted by molar-refractivity contribution is 0.669. The van der Waals surface area contributed by atoms with Crippen LogP contribution < -0.4 is 25.6 Å². The van der Waals surface area contributed by atoms with Crippen molar-refractivity contribution in [1.29, 1.82) is 0 Å². The number of fused-ring (bicyclic) bond motifs is 4. The second-order valence-corrected chi connectivity index (χ2v) is 21.1. The van der Waals surface area contributed by atoms with E-state index in [9.17, 15) is 0 Å². The van der Waals surface area contributed by atoms with E-state index in [1.54, 1.807) is 0 Å². The number of anilines is 3. The smallest absolute Gasteiger partial charge is 0.179 e. The van der Waals surface area contributed by atoms with Gasteiger partial charge in [0.15, 0.2) is 8.07 Å². The van der Waals surface area contributed by atoms with Crippen LogP contribution in [0.2, 0.25) is 0 Å². The van der Waals surface area contributed by atoms with Crippen molar-refractivity contribution in [3.8, 4) is 33.4 Å². The minimum atomic E-state index is -2.70. The highest BCUT2D eigenvalue weighted by atomic mass is 28.3. The van der Waals surface area contributed by atoms with Crippen molar-refractivity contribution in [2.24, 2.45) is 0 Å². The summed E-state index contributed by atoms with van der Waals surface area (Å²) < 4.78 is 6.46. The number of rotatable bonds is 10. The van der Waals surface area contributed by atoms with Crippen molar-refractivity contribution in [2.45, 2.75) is 0 Å². The highest BCUT2D eigenvalue weighted by Gasteiger charge is 2.41. The highest BCUT2D eigenvalue weighted by molar-refractivity contribution is 7.19. The first-order valence-corrected chi connectivity index (χ1v) is 25.0. The number of hydrogen-bond donors (Lipinski definition) is 0. The second-order valence-electron chi connectivity index (χ2n) is 17.2. The second kappa shape index (κ2) is 17.1. The summed E-state index contributed by atoms with van der Waals surface area (Å²) in [6, 6.07) is 99.6. The largest absolute Gasteiger partial charge is 0.456 e. The van der Waals surface area contributed by atoms with Gasteiger partial charge in [-0.15, -0.1) is 0 Å². The Balaban J connectivity index is 0.979. The molecule has 3 heteroatoms. The summed E-state index contributed by atoms with van der Waals surface area (Å²) in [5.74, 6) is 0. The van der Waals surface area contributed by atoms with E-state index >= 15 is 0 Å². The normalized spacial score (nSPS) is 11.6. The maximum atomic E-state index is 6.46. The van der Waals surface area contributed by atoms with Gasteiger partial charge in [-0.3, -0.25) is 0 Å². The van der Waals surface area contributed by atoms with E-state index in [0.717, 1.165) is 44.6 Å². The fourth-order valence-electron chi connectivity index (χ4n) is 10.2. The standard InChI is InChI=1S/C64H45NOSi/c1-5-17-46(18-6-1)51-35-41-63-61(44-51)62-45-54(40-42-64(62)66-63)65(53-38-33-49(34-39-53)60-30-16-20-48-19-13-14-29-59(48)60)52-36-31-47(32-37-52)50-21-15-28-58(43-50)67(55-22-7-2-8-23-55,56-24-9-3-10-25-56)57-26-11-4-12-27-57/h1-45H. The molecule has 1 heterocycles. The quantitative estimate of drug-likeness (QED) is 0.101. The zero-order valence-corrected chi connectivity index (χ0v) is 37.8. The summed E-state index contributed by atoms with van der Waals surface area (Å²) in [4.78, 5) is 2.37. The number of benzene rings is 11. The molecule has 0 saturated carbocycles. The van der Waals surface area contributed by atoms with Gasteiger partial charge in [-0.2, -0.15) is 0 Å². The number of nitrogens with zero attached hydrogens (tertiary/aromatic N) is 1. The van der Waals surface area contributed by atoms with E-state index in [-0.39, 0.29) is 0 Å². The molecular weight excluding hydrogens is 827 g/mol. The molecule has 11 aromatic carbocycles. The van der Waals surface area contributed by atoms with Gasteiger partial charge in [-0.05, 0) is 119 Å². The van der Waals surface area contributed by atoms with E-state index in [1.807, 2.05) is 0 Å². The van der Waals surface area contributed by atoms with Crippen LogP contribution in [0.4, 0.5) is 17.1 Å². The predicted molar refractivity (Wildman–Crippen MR) is 286 cm³/mol. The van der Waals surface area contributed by atoms with Crippen molar-refractivity contribution in [2.75, 3.05) is 4.90 Å². The minimum Gasteiger partial charge on any atom is -0.456 e. The molecular formula is C64H45NOSi. The van der Waals surface area contributed by atoms with E-state index < -0.39 is 8.07 Å². The molecule has 12 rings (SSSR count). The summed E-state index contributed by atoms with van der Waals surface area (Å²) in [6.45, 7) is 0. The Hall–Kier alpha value is -8.50. The Morgan fingerprint density at radius 2 is 0.701 bits per heavy atom. The topological polar surface area (TPSA) is 16.4 Å². The lowest BCUT2D eigenvalue weighted by Gasteiger charge is -2.34. The summed E-state index contributed by atoms with van der Waals surface area (Å²) in [6.07, 6.45) is 0. The molecule has 0 spiro atoms. The van der Waals surface area contributed by atoms with Crippen molar-refractivity contribution in [3.63, 3.8) is 0 Å². The molecule has 1 aromatic heterocycles. The van der Waals surface area contributed by atoms with E-state index in [0.29, 0.717) is 0 Å². The van der Waals surface area contributed by atoms with Crippen LogP contribution in [-0.4, -0.2) is 8.07 Å². The first kappa shape index (κ1) is 40.0. The Kier molecular flexibility index (Phi) is 10.2. The molecule has 316 valence electrons. The van der Waals surface area contributed by atoms with E-state index in [1.165, 1.54) is 59.3 Å². The van der Waals surface area contributed by atoms with Gasteiger partial charge in [0.05, 0.1) is 0 Å². The van der Waals surface area contributed by atoms with Gasteiger partial charge < -0.3 is 9.32 Å². The van der Waals surface area contributed by atoms with Gasteiger partial charge in [0, 0.05) is 27.8 Å². The zero-order valence-electron chi connectivity index (χ0n) is 36.8. The maximum absolute atomic E-state index is 6.46. The predicted octanol–water partition coefficient (Wildman–Crippen LogP) is 14.6. The van der Waals surface area contributed by atoms with Crippen LogP contribution in [0.15, 0.2) is 277 Å². The average molecular weight is 872 g/mol. The molecule has 0 aliphatic rings. The van der Waals surface area contributed by atoms with Crippen LogP contribution in [0.5, 0.6) is 0 Å². The molecule has 0 bridgehead atoms. The Morgan fingerprint density at radius 3 is 1.34 bits per heavy atom. The molecule has 0 aliphatic heterocycles. The Labute approximate surface area is 392 Å². The molecule has 0 amide bonds. The first-order chi connectivity index (χ1) is 33.2. The summed E-state index contributed by atoms with van der Waals surface area (Å²) in [7, 11) is -2.70. The van der Waals surface area contributed by atoms with E-state index in [4.69, 9.17) is 4.42 Å². The Morgan fingerprint density at radius 1 is 0.269 bits per heavy atom. The van der Waals surface area contributed by atoms with Gasteiger partial charge >= 0.3 is 0 Å². The van der Waals surface area contributed by atoms with Gasteiger partial charge in [0.1, 0.15) is 11.2 Å². The van der Waals surface area contributed by atoms with Gasteiger partial charge in [-0.1, -0.05) is 218 Å². The summed E-state index contributed by atoms with van der Waals surface area (Å²) in [5, 5.41) is 10.1. The van der Waals surface area contributed by atoms with Crippen LogP contribution >= 0.6 is 0 Å². The maximum Gasteiger partial charge on any atom is 0.179 e. The van der Waals surface area contributed by atoms with Crippen molar-refractivity contribution in [3.05, 3.63) is 273 Å². The fourth-order valence-corrected chi connectivity index (χ4v) is 15.0. The molecule has 0 N–H and O–H groups in total. The number of furan rings is 1. The van der Waals surface area contributed by atoms with Gasteiger partial charge in [-0.25, -0.2) is 0 Å². The number of hydrogen-bond acceptors (Lipinski definition) is 2. The SMILES string of the molecule is c1ccc(-c2ccc3oc4ccc(N(c5ccc(-c6cccc([Si](c7ccccc7)(c7ccccc7)c7ccccc7)c6)cc5)c5ccc(-c6cccc7ccccc67)cc5)cc4c3c2)cc1. The lowest BCUT2D eigenvalue weighted by Crippen LogP contribution is -2.74. The van der Waals surface area contributed by atoms with Crippen LogP contribution in [0.1, 0.15) is 0 Å². The Bertz CT molecular complexity index is 3560. The third kappa shape index (κ3) is 7.23.